The minimum absolute atomic E-state index is 0.0434. The maximum atomic E-state index is 13.4. The molecule has 0 spiro atoms. The summed E-state index contributed by atoms with van der Waals surface area (Å²) in [5, 5.41) is 0.123. The van der Waals surface area contributed by atoms with Crippen LogP contribution in [-0.2, 0) is 20.1 Å². The van der Waals surface area contributed by atoms with Crippen molar-refractivity contribution >= 4 is 16.6 Å². The molecule has 2 rings (SSSR count). The van der Waals surface area contributed by atoms with Crippen LogP contribution in [0, 0.1) is 6.92 Å². The van der Waals surface area contributed by atoms with Gasteiger partial charge in [0, 0.05) is 24.7 Å². The summed E-state index contributed by atoms with van der Waals surface area (Å²) in [6.45, 7) is 28.6. The fourth-order valence-electron chi connectivity index (χ4n) is 3.76. The van der Waals surface area contributed by atoms with Gasteiger partial charge in [0.1, 0.15) is 12.3 Å². The monoisotopic (exact) mass is 538 g/mol. The van der Waals surface area contributed by atoms with Crippen molar-refractivity contribution in [2.45, 2.75) is 129 Å². The molecule has 0 amide bonds. The summed E-state index contributed by atoms with van der Waals surface area (Å²) >= 11 is 0. The van der Waals surface area contributed by atoms with E-state index in [2.05, 4.69) is 74.3 Å². The first-order valence-corrected chi connectivity index (χ1v) is 19.0. The van der Waals surface area contributed by atoms with Crippen molar-refractivity contribution in [1.82, 2.24) is 9.13 Å². The molecule has 1 unspecified atom stereocenters. The van der Waals surface area contributed by atoms with Gasteiger partial charge < -0.3 is 13.6 Å². The molecular weight excluding hydrogens is 488 g/mol. The van der Waals surface area contributed by atoms with Crippen LogP contribution in [0.1, 0.15) is 72.6 Å². The summed E-state index contributed by atoms with van der Waals surface area (Å²) in [5.74, 6) is 0. The van der Waals surface area contributed by atoms with E-state index in [9.17, 15) is 9.59 Å². The van der Waals surface area contributed by atoms with E-state index in [0.717, 1.165) is 6.42 Å². The van der Waals surface area contributed by atoms with Crippen LogP contribution in [0.2, 0.25) is 36.3 Å². The molecule has 7 nitrogen and oxygen atoms in total. The minimum Gasteiger partial charge on any atom is -0.414 e. The Morgan fingerprint density at radius 1 is 1.08 bits per heavy atom. The van der Waals surface area contributed by atoms with E-state index < -0.39 is 22.9 Å². The summed E-state index contributed by atoms with van der Waals surface area (Å²) in [7, 11) is -4.10. The molecule has 0 N–H and O–H groups in total. The molecule has 3 atom stereocenters. The van der Waals surface area contributed by atoms with Gasteiger partial charge in [-0.2, -0.15) is 0 Å². The Balaban J connectivity index is 2.41. The number of rotatable bonds is 10. The average molecular weight is 539 g/mol. The SMILES string of the molecule is C=CCCCn1c(=O)c(C)cn(C2C[C@@H](O[Si](C)(C)C(C)(C)C)[C@@H](CO[Si](C)(C)C(C)(C)C)O2)c1=O. The van der Waals surface area contributed by atoms with Crippen LogP contribution >= 0.6 is 0 Å². The zero-order valence-electron chi connectivity index (χ0n) is 24.6. The maximum absolute atomic E-state index is 13.4. The van der Waals surface area contributed by atoms with Crippen molar-refractivity contribution in [1.29, 1.82) is 0 Å². The second-order valence-electron chi connectivity index (χ2n) is 13.2. The fourth-order valence-corrected chi connectivity index (χ4v) is 6.14. The average Bonchev–Trinajstić information content (AvgIpc) is 3.12. The number of nitrogens with zero attached hydrogens (tertiary/aromatic N) is 2. The van der Waals surface area contributed by atoms with Crippen LogP contribution in [-0.4, -0.2) is 44.6 Å². The number of hydrogen-bond acceptors (Lipinski definition) is 5. The molecule has 1 fully saturated rings. The smallest absolute Gasteiger partial charge is 0.333 e. The Morgan fingerprint density at radius 2 is 1.67 bits per heavy atom. The molecule has 1 aromatic heterocycles. The van der Waals surface area contributed by atoms with Crippen molar-refractivity contribution in [3.05, 3.63) is 45.3 Å². The number of ether oxygens (including phenoxy) is 1. The van der Waals surface area contributed by atoms with Gasteiger partial charge in [-0.1, -0.05) is 47.6 Å². The second kappa shape index (κ2) is 11.2. The summed E-state index contributed by atoms with van der Waals surface area (Å²) in [4.78, 5) is 26.1. The van der Waals surface area contributed by atoms with Crippen LogP contribution < -0.4 is 11.2 Å². The van der Waals surface area contributed by atoms with Crippen molar-refractivity contribution in [3.8, 4) is 0 Å². The number of allylic oxidation sites excluding steroid dienone is 1. The second-order valence-corrected chi connectivity index (χ2v) is 22.8. The molecular formula is C27H50N2O5Si2. The molecule has 1 aromatic rings. The van der Waals surface area contributed by atoms with E-state index in [1.165, 1.54) is 4.57 Å². The van der Waals surface area contributed by atoms with Gasteiger partial charge in [0.05, 0.1) is 12.7 Å². The first-order valence-electron chi connectivity index (χ1n) is 13.2. The number of unbranched alkanes of at least 4 members (excludes halogenated alkanes) is 1. The Bertz CT molecular complexity index is 1030. The predicted molar refractivity (Wildman–Crippen MR) is 153 cm³/mol. The normalized spacial score (nSPS) is 21.7. The van der Waals surface area contributed by atoms with Gasteiger partial charge in [-0.15, -0.1) is 6.58 Å². The lowest BCUT2D eigenvalue weighted by Crippen LogP contribution is -2.48. The van der Waals surface area contributed by atoms with Crippen molar-refractivity contribution < 1.29 is 13.6 Å². The van der Waals surface area contributed by atoms with Gasteiger partial charge >= 0.3 is 5.69 Å². The van der Waals surface area contributed by atoms with Gasteiger partial charge in [0.2, 0.25) is 0 Å². The predicted octanol–water partition coefficient (Wildman–Crippen LogP) is 5.98. The highest BCUT2D eigenvalue weighted by Crippen LogP contribution is 2.42. The van der Waals surface area contributed by atoms with E-state index in [-0.39, 0.29) is 33.5 Å². The highest BCUT2D eigenvalue weighted by Gasteiger charge is 2.46. The largest absolute Gasteiger partial charge is 0.414 e. The molecule has 0 aromatic carbocycles. The van der Waals surface area contributed by atoms with Gasteiger partial charge in [-0.05, 0) is 56.0 Å². The van der Waals surface area contributed by atoms with Crippen molar-refractivity contribution in [3.63, 3.8) is 0 Å². The Morgan fingerprint density at radius 3 is 2.19 bits per heavy atom. The highest BCUT2D eigenvalue weighted by atomic mass is 28.4. The third-order valence-corrected chi connectivity index (χ3v) is 17.3. The minimum atomic E-state index is -2.10. The van der Waals surface area contributed by atoms with E-state index in [1.807, 2.05) is 0 Å². The summed E-state index contributed by atoms with van der Waals surface area (Å²) in [6.07, 6.45) is 4.44. The molecule has 2 heterocycles. The van der Waals surface area contributed by atoms with Gasteiger partial charge in [-0.25, -0.2) is 4.79 Å². The summed E-state index contributed by atoms with van der Waals surface area (Å²) in [5.41, 5.74) is -0.0541. The van der Waals surface area contributed by atoms with Crippen molar-refractivity contribution in [2.24, 2.45) is 0 Å². The first-order chi connectivity index (χ1) is 16.3. The van der Waals surface area contributed by atoms with Gasteiger partial charge in [0.15, 0.2) is 16.6 Å². The highest BCUT2D eigenvalue weighted by molar-refractivity contribution is 6.74. The molecule has 0 radical (unpaired) electrons. The summed E-state index contributed by atoms with van der Waals surface area (Å²) in [6, 6.07) is 0. The van der Waals surface area contributed by atoms with E-state index in [0.29, 0.717) is 31.6 Å². The molecule has 0 bridgehead atoms. The lowest BCUT2D eigenvalue weighted by Gasteiger charge is -2.40. The van der Waals surface area contributed by atoms with Crippen LogP contribution in [0.15, 0.2) is 28.4 Å². The maximum Gasteiger partial charge on any atom is 0.333 e. The molecule has 36 heavy (non-hydrogen) atoms. The van der Waals surface area contributed by atoms with E-state index in [1.54, 1.807) is 23.8 Å². The van der Waals surface area contributed by atoms with Crippen LogP contribution in [0.5, 0.6) is 0 Å². The molecule has 9 heteroatoms. The number of aromatic nitrogens is 2. The van der Waals surface area contributed by atoms with Gasteiger partial charge in [0.25, 0.3) is 5.56 Å². The molecule has 1 aliphatic heterocycles. The molecule has 206 valence electrons. The van der Waals surface area contributed by atoms with Crippen LogP contribution in [0.4, 0.5) is 0 Å². The topological polar surface area (TPSA) is 71.7 Å². The Hall–Kier alpha value is -1.27. The molecule has 1 aliphatic rings. The lowest BCUT2D eigenvalue weighted by atomic mass is 10.2. The third kappa shape index (κ3) is 6.98. The molecule has 1 saturated heterocycles. The van der Waals surface area contributed by atoms with Crippen LogP contribution in [0.3, 0.4) is 0 Å². The number of aryl methyl sites for hydroxylation is 1. The lowest BCUT2D eigenvalue weighted by molar-refractivity contribution is -0.0417. The van der Waals surface area contributed by atoms with Gasteiger partial charge in [-0.3, -0.25) is 13.9 Å². The fraction of sp³-hybridized carbons (Fsp3) is 0.778. The zero-order chi connectivity index (χ0) is 27.7. The van der Waals surface area contributed by atoms with Crippen LogP contribution in [0.25, 0.3) is 0 Å². The van der Waals surface area contributed by atoms with E-state index in [4.69, 9.17) is 13.6 Å². The molecule has 0 aliphatic carbocycles. The quantitative estimate of drug-likeness (QED) is 0.208. The third-order valence-electron chi connectivity index (χ3n) is 8.31. The van der Waals surface area contributed by atoms with E-state index >= 15 is 0 Å². The van der Waals surface area contributed by atoms with Crippen molar-refractivity contribution in [2.75, 3.05) is 6.61 Å². The Labute approximate surface area is 220 Å². The Kier molecular flexibility index (Phi) is 9.66. The zero-order valence-corrected chi connectivity index (χ0v) is 26.6. The molecule has 0 saturated carbocycles. The number of hydrogen-bond donors (Lipinski definition) is 0. The summed E-state index contributed by atoms with van der Waals surface area (Å²) < 4.78 is 22.8. The standard InChI is InChI=1S/C27H50N2O5Si2/c1-13-14-15-16-28-24(30)20(2)18-29(25(28)31)23-17-21(34-36(11,12)27(6,7)8)22(33-23)19-32-35(9,10)26(3,4)5/h13,18,21-23H,1,14-17,19H2,2-12H3/t21-,22-,23?/m1/s1. The first kappa shape index (κ1) is 31.0.